The monoisotopic (exact) mass is 280 g/mol. The average Bonchev–Trinajstić information content (AvgIpc) is 2.80. The second kappa shape index (κ2) is 9.04. The van der Waals surface area contributed by atoms with E-state index in [4.69, 9.17) is 0 Å². The second-order valence-corrected chi connectivity index (χ2v) is 6.99. The molecule has 2 heteroatoms. The number of likely N-dealkylation sites (tertiary alicyclic amines) is 1. The predicted octanol–water partition coefficient (Wildman–Crippen LogP) is 4.20. The molecule has 1 saturated carbocycles. The van der Waals surface area contributed by atoms with Gasteiger partial charge < -0.3 is 5.32 Å². The lowest BCUT2D eigenvalue weighted by Crippen LogP contribution is -2.50. The summed E-state index contributed by atoms with van der Waals surface area (Å²) in [6.45, 7) is 8.45. The van der Waals surface area contributed by atoms with Gasteiger partial charge >= 0.3 is 0 Å². The lowest BCUT2D eigenvalue weighted by atomic mass is 9.96. The molecule has 0 aromatic carbocycles. The summed E-state index contributed by atoms with van der Waals surface area (Å²) in [5.74, 6) is 1.01. The first kappa shape index (κ1) is 16.3. The van der Waals surface area contributed by atoms with Gasteiger partial charge in [0.05, 0.1) is 0 Å². The van der Waals surface area contributed by atoms with E-state index in [0.29, 0.717) is 0 Å². The van der Waals surface area contributed by atoms with Crippen molar-refractivity contribution >= 4 is 0 Å². The van der Waals surface area contributed by atoms with Crippen molar-refractivity contribution in [1.29, 1.82) is 0 Å². The Labute approximate surface area is 126 Å². The van der Waals surface area contributed by atoms with Crippen LogP contribution in [0.3, 0.4) is 0 Å². The minimum absolute atomic E-state index is 0.755. The molecule has 3 atom stereocenters. The van der Waals surface area contributed by atoms with Crippen molar-refractivity contribution in [3.8, 4) is 0 Å². The van der Waals surface area contributed by atoms with Gasteiger partial charge in [0.1, 0.15) is 0 Å². The third-order valence-corrected chi connectivity index (χ3v) is 5.49. The van der Waals surface area contributed by atoms with Crippen molar-refractivity contribution in [3.05, 3.63) is 0 Å². The summed E-state index contributed by atoms with van der Waals surface area (Å²) in [6.07, 6.45) is 14.3. The molecule has 3 unspecified atom stereocenters. The molecule has 118 valence electrons. The third-order valence-electron chi connectivity index (χ3n) is 5.49. The number of rotatable bonds is 5. The van der Waals surface area contributed by atoms with Gasteiger partial charge in [0.2, 0.25) is 0 Å². The highest BCUT2D eigenvalue weighted by atomic mass is 15.2. The number of hydrogen-bond donors (Lipinski definition) is 1. The fourth-order valence-corrected chi connectivity index (χ4v) is 4.44. The Morgan fingerprint density at radius 1 is 0.900 bits per heavy atom. The molecule has 1 heterocycles. The number of hydrogen-bond acceptors (Lipinski definition) is 2. The SMILES string of the molecule is CCCC1CCCN(C2CCCCCC2NCC)CC1. The van der Waals surface area contributed by atoms with Gasteiger partial charge in [0.25, 0.3) is 0 Å². The van der Waals surface area contributed by atoms with Gasteiger partial charge in [0, 0.05) is 12.1 Å². The first-order valence-corrected chi connectivity index (χ1v) is 9.32. The van der Waals surface area contributed by atoms with Gasteiger partial charge in [-0.05, 0) is 57.7 Å². The van der Waals surface area contributed by atoms with E-state index in [1.165, 1.54) is 77.3 Å². The average molecular weight is 280 g/mol. The first-order chi connectivity index (χ1) is 9.85. The third kappa shape index (κ3) is 4.73. The van der Waals surface area contributed by atoms with Gasteiger partial charge in [-0.15, -0.1) is 0 Å². The molecule has 1 aliphatic carbocycles. The highest BCUT2D eigenvalue weighted by Crippen LogP contribution is 2.28. The van der Waals surface area contributed by atoms with Gasteiger partial charge in [-0.1, -0.05) is 46.0 Å². The van der Waals surface area contributed by atoms with Crippen LogP contribution in [0.15, 0.2) is 0 Å². The van der Waals surface area contributed by atoms with Crippen LogP contribution < -0.4 is 5.32 Å². The molecular formula is C18H36N2. The molecule has 2 nitrogen and oxygen atoms in total. The maximum absolute atomic E-state index is 3.79. The molecule has 0 amide bonds. The van der Waals surface area contributed by atoms with Crippen LogP contribution in [0.1, 0.15) is 78.1 Å². The van der Waals surface area contributed by atoms with E-state index < -0.39 is 0 Å². The van der Waals surface area contributed by atoms with Crippen molar-refractivity contribution in [2.24, 2.45) is 5.92 Å². The summed E-state index contributed by atoms with van der Waals surface area (Å²) < 4.78 is 0. The lowest BCUT2D eigenvalue weighted by molar-refractivity contribution is 0.152. The van der Waals surface area contributed by atoms with Gasteiger partial charge in [-0.3, -0.25) is 4.90 Å². The Morgan fingerprint density at radius 3 is 2.55 bits per heavy atom. The molecule has 2 fully saturated rings. The van der Waals surface area contributed by atoms with Gasteiger partial charge in [-0.2, -0.15) is 0 Å². The molecule has 0 aromatic heterocycles. The molecule has 1 aliphatic heterocycles. The minimum atomic E-state index is 0.755. The van der Waals surface area contributed by atoms with E-state index in [1.807, 2.05) is 0 Å². The lowest BCUT2D eigenvalue weighted by Gasteiger charge is -2.36. The van der Waals surface area contributed by atoms with Crippen molar-refractivity contribution in [1.82, 2.24) is 10.2 Å². The standard InChI is InChI=1S/C18H36N2/c1-3-9-16-10-8-14-20(15-13-16)18-12-7-5-6-11-17(18)19-4-2/h16-19H,3-15H2,1-2H3. The summed E-state index contributed by atoms with van der Waals surface area (Å²) in [4.78, 5) is 2.86. The Balaban J connectivity index is 1.92. The largest absolute Gasteiger partial charge is 0.313 e. The van der Waals surface area contributed by atoms with Crippen LogP contribution >= 0.6 is 0 Å². The zero-order valence-corrected chi connectivity index (χ0v) is 13.9. The molecule has 2 aliphatic rings. The highest BCUT2D eigenvalue weighted by Gasteiger charge is 2.29. The summed E-state index contributed by atoms with van der Waals surface area (Å²) >= 11 is 0. The van der Waals surface area contributed by atoms with Crippen LogP contribution in [-0.2, 0) is 0 Å². The van der Waals surface area contributed by atoms with Crippen LogP contribution in [0.5, 0.6) is 0 Å². The number of likely N-dealkylation sites (N-methyl/N-ethyl adjacent to an activating group) is 1. The van der Waals surface area contributed by atoms with Crippen molar-refractivity contribution in [2.45, 2.75) is 90.1 Å². The van der Waals surface area contributed by atoms with E-state index >= 15 is 0 Å². The molecule has 0 radical (unpaired) electrons. The Bertz CT molecular complexity index is 254. The van der Waals surface area contributed by atoms with E-state index in [2.05, 4.69) is 24.1 Å². The fraction of sp³-hybridized carbons (Fsp3) is 1.00. The maximum Gasteiger partial charge on any atom is 0.0249 e. The van der Waals surface area contributed by atoms with Crippen molar-refractivity contribution < 1.29 is 0 Å². The quantitative estimate of drug-likeness (QED) is 0.759. The summed E-state index contributed by atoms with van der Waals surface area (Å²) in [5, 5.41) is 3.79. The van der Waals surface area contributed by atoms with Gasteiger partial charge in [0.15, 0.2) is 0 Å². The van der Waals surface area contributed by atoms with Gasteiger partial charge in [-0.25, -0.2) is 0 Å². The number of nitrogens with zero attached hydrogens (tertiary/aromatic N) is 1. The number of nitrogens with one attached hydrogen (secondary N) is 1. The van der Waals surface area contributed by atoms with Crippen molar-refractivity contribution in [3.63, 3.8) is 0 Å². The zero-order chi connectivity index (χ0) is 14.2. The topological polar surface area (TPSA) is 15.3 Å². The molecule has 1 saturated heterocycles. The van der Waals surface area contributed by atoms with Crippen LogP contribution in [-0.4, -0.2) is 36.6 Å². The first-order valence-electron chi connectivity index (χ1n) is 9.32. The molecule has 20 heavy (non-hydrogen) atoms. The fourth-order valence-electron chi connectivity index (χ4n) is 4.44. The summed E-state index contributed by atoms with van der Waals surface area (Å²) in [6, 6.07) is 1.57. The van der Waals surface area contributed by atoms with Crippen LogP contribution in [0.4, 0.5) is 0 Å². The maximum atomic E-state index is 3.79. The molecular weight excluding hydrogens is 244 g/mol. The van der Waals surface area contributed by atoms with Crippen LogP contribution in [0.2, 0.25) is 0 Å². The molecule has 0 bridgehead atoms. The normalized spacial score (nSPS) is 33.6. The van der Waals surface area contributed by atoms with E-state index in [1.54, 1.807) is 0 Å². The minimum Gasteiger partial charge on any atom is -0.313 e. The Hall–Kier alpha value is -0.0800. The summed E-state index contributed by atoms with van der Waals surface area (Å²) in [5.41, 5.74) is 0. The molecule has 0 aromatic rings. The van der Waals surface area contributed by atoms with Crippen LogP contribution in [0, 0.1) is 5.92 Å². The molecule has 2 rings (SSSR count). The Kier molecular flexibility index (Phi) is 7.37. The molecule has 1 N–H and O–H groups in total. The smallest absolute Gasteiger partial charge is 0.0249 e. The summed E-state index contributed by atoms with van der Waals surface area (Å²) in [7, 11) is 0. The second-order valence-electron chi connectivity index (χ2n) is 6.99. The van der Waals surface area contributed by atoms with E-state index in [0.717, 1.165) is 24.5 Å². The predicted molar refractivity (Wildman–Crippen MR) is 88.2 cm³/mol. The van der Waals surface area contributed by atoms with E-state index in [9.17, 15) is 0 Å². The highest BCUT2D eigenvalue weighted by molar-refractivity contribution is 4.88. The zero-order valence-electron chi connectivity index (χ0n) is 13.9. The van der Waals surface area contributed by atoms with Crippen LogP contribution in [0.25, 0.3) is 0 Å². The van der Waals surface area contributed by atoms with Crippen molar-refractivity contribution in [2.75, 3.05) is 19.6 Å². The molecule has 0 spiro atoms. The Morgan fingerprint density at radius 2 is 1.75 bits per heavy atom. The van der Waals surface area contributed by atoms with E-state index in [-0.39, 0.29) is 0 Å².